The largest absolute Gasteiger partial charge is 0.573 e. The van der Waals surface area contributed by atoms with E-state index in [9.17, 15) is 13.2 Å². The maximum atomic E-state index is 12.3. The second kappa shape index (κ2) is 6.32. The molecule has 1 unspecified atom stereocenters. The molecule has 21 heavy (non-hydrogen) atoms. The maximum absolute atomic E-state index is 12.3. The number of nitrogens with one attached hydrogen (secondary N) is 1. The number of hydrogen-bond acceptors (Lipinski definition) is 3. The zero-order chi connectivity index (χ0) is 15.5. The number of pyridine rings is 1. The van der Waals surface area contributed by atoms with Crippen molar-refractivity contribution in [2.45, 2.75) is 12.4 Å². The lowest BCUT2D eigenvalue weighted by Gasteiger charge is -2.19. The van der Waals surface area contributed by atoms with Crippen LogP contribution in [0, 0.1) is 0 Å². The molecule has 1 aromatic carbocycles. The first-order chi connectivity index (χ1) is 9.90. The van der Waals surface area contributed by atoms with Crippen LogP contribution in [0.1, 0.15) is 17.2 Å². The molecule has 0 saturated heterocycles. The highest BCUT2D eigenvalue weighted by atomic mass is 35.5. The van der Waals surface area contributed by atoms with Crippen LogP contribution in [0.5, 0.6) is 5.75 Å². The Bertz CT molecular complexity index is 619. The van der Waals surface area contributed by atoms with E-state index in [0.29, 0.717) is 10.6 Å². The fourth-order valence-corrected chi connectivity index (χ4v) is 2.24. The number of aromatic nitrogens is 1. The molecular weight excluding hydrogens is 305 g/mol. The number of halogens is 4. The summed E-state index contributed by atoms with van der Waals surface area (Å²) in [5.74, 6) is -0.273. The van der Waals surface area contributed by atoms with E-state index >= 15 is 0 Å². The van der Waals surface area contributed by atoms with E-state index in [1.54, 1.807) is 25.4 Å². The van der Waals surface area contributed by atoms with Crippen molar-refractivity contribution >= 4 is 11.6 Å². The van der Waals surface area contributed by atoms with Gasteiger partial charge in [0.2, 0.25) is 0 Å². The molecular formula is C14H12ClF3N2O. The van der Waals surface area contributed by atoms with Crippen molar-refractivity contribution in [2.24, 2.45) is 0 Å². The molecule has 0 saturated carbocycles. The molecule has 2 aromatic rings. The van der Waals surface area contributed by atoms with Gasteiger partial charge in [-0.2, -0.15) is 0 Å². The highest BCUT2D eigenvalue weighted by molar-refractivity contribution is 6.31. The average Bonchev–Trinajstić information content (AvgIpc) is 2.40. The Balaban J connectivity index is 2.35. The van der Waals surface area contributed by atoms with Gasteiger partial charge in [-0.3, -0.25) is 4.98 Å². The quantitative estimate of drug-likeness (QED) is 0.927. The molecule has 7 heteroatoms. The van der Waals surface area contributed by atoms with Crippen LogP contribution in [-0.4, -0.2) is 18.4 Å². The first kappa shape index (κ1) is 15.6. The van der Waals surface area contributed by atoms with Crippen LogP contribution in [0.15, 0.2) is 42.7 Å². The number of alkyl halides is 3. The molecule has 1 aromatic heterocycles. The van der Waals surface area contributed by atoms with Crippen LogP contribution in [0.25, 0.3) is 0 Å². The molecule has 0 radical (unpaired) electrons. The van der Waals surface area contributed by atoms with Gasteiger partial charge < -0.3 is 10.1 Å². The third kappa shape index (κ3) is 4.09. The van der Waals surface area contributed by atoms with E-state index in [0.717, 1.165) is 5.56 Å². The van der Waals surface area contributed by atoms with Crippen LogP contribution in [0.4, 0.5) is 13.2 Å². The van der Waals surface area contributed by atoms with Gasteiger partial charge in [-0.25, -0.2) is 0 Å². The van der Waals surface area contributed by atoms with Crippen molar-refractivity contribution in [2.75, 3.05) is 7.05 Å². The molecule has 0 spiro atoms. The fraction of sp³-hybridized carbons (Fsp3) is 0.214. The minimum absolute atomic E-state index is 0.273. The number of hydrogen-bond donors (Lipinski definition) is 1. The van der Waals surface area contributed by atoms with Gasteiger partial charge in [0, 0.05) is 12.4 Å². The lowest BCUT2D eigenvalue weighted by Crippen LogP contribution is -2.20. The Morgan fingerprint density at radius 3 is 2.67 bits per heavy atom. The molecule has 0 aliphatic carbocycles. The predicted octanol–water partition coefficient (Wildman–Crippen LogP) is 3.94. The Hall–Kier alpha value is -1.79. The first-order valence-electron chi connectivity index (χ1n) is 6.03. The summed E-state index contributed by atoms with van der Waals surface area (Å²) in [6.45, 7) is 0. The predicted molar refractivity (Wildman–Crippen MR) is 73.3 cm³/mol. The summed E-state index contributed by atoms with van der Waals surface area (Å²) < 4.78 is 40.8. The fourth-order valence-electron chi connectivity index (χ4n) is 2.01. The van der Waals surface area contributed by atoms with Gasteiger partial charge >= 0.3 is 6.36 Å². The third-order valence-corrected chi connectivity index (χ3v) is 3.14. The van der Waals surface area contributed by atoms with Gasteiger partial charge in [0.25, 0.3) is 0 Å². The van der Waals surface area contributed by atoms with Crippen LogP contribution in [0.2, 0.25) is 5.02 Å². The van der Waals surface area contributed by atoms with E-state index in [1.165, 1.54) is 24.4 Å². The van der Waals surface area contributed by atoms with Gasteiger partial charge in [-0.15, -0.1) is 13.2 Å². The molecule has 0 aliphatic rings. The number of rotatable bonds is 4. The molecule has 112 valence electrons. The summed E-state index contributed by atoms with van der Waals surface area (Å²) >= 11 is 6.08. The van der Waals surface area contributed by atoms with Crippen LogP contribution in [-0.2, 0) is 0 Å². The van der Waals surface area contributed by atoms with Crippen LogP contribution < -0.4 is 10.1 Å². The molecule has 0 amide bonds. The van der Waals surface area contributed by atoms with E-state index in [1.807, 2.05) is 0 Å². The number of nitrogens with zero attached hydrogens (tertiary/aromatic N) is 1. The highest BCUT2D eigenvalue weighted by Crippen LogP contribution is 2.30. The zero-order valence-corrected chi connectivity index (χ0v) is 11.7. The minimum Gasteiger partial charge on any atom is -0.406 e. The third-order valence-electron chi connectivity index (χ3n) is 2.83. The summed E-state index contributed by atoms with van der Waals surface area (Å²) in [5, 5.41) is 3.45. The lowest BCUT2D eigenvalue weighted by molar-refractivity contribution is -0.274. The first-order valence-corrected chi connectivity index (χ1v) is 6.41. The Morgan fingerprint density at radius 1 is 1.29 bits per heavy atom. The topological polar surface area (TPSA) is 34.1 Å². The summed E-state index contributed by atoms with van der Waals surface area (Å²) in [4.78, 5) is 3.89. The van der Waals surface area contributed by atoms with E-state index in [2.05, 4.69) is 15.0 Å². The molecule has 2 rings (SSSR count). The van der Waals surface area contributed by atoms with Crippen molar-refractivity contribution in [3.05, 3.63) is 58.9 Å². The van der Waals surface area contributed by atoms with Crippen molar-refractivity contribution in [1.82, 2.24) is 10.3 Å². The summed E-state index contributed by atoms with van der Waals surface area (Å²) in [5.41, 5.74) is 1.32. The molecule has 0 bridgehead atoms. The minimum atomic E-state index is -4.72. The van der Waals surface area contributed by atoms with Gasteiger partial charge in [-0.05, 0) is 36.4 Å². The number of ether oxygens (including phenoxy) is 1. The number of benzene rings is 1. The Kier molecular flexibility index (Phi) is 4.69. The van der Waals surface area contributed by atoms with Crippen molar-refractivity contribution in [1.29, 1.82) is 0 Å². The average molecular weight is 317 g/mol. The second-order valence-corrected chi connectivity index (χ2v) is 4.65. The van der Waals surface area contributed by atoms with E-state index in [-0.39, 0.29) is 11.8 Å². The van der Waals surface area contributed by atoms with Gasteiger partial charge in [0.05, 0.1) is 11.1 Å². The molecule has 1 atom stereocenters. The molecule has 0 aliphatic heterocycles. The maximum Gasteiger partial charge on any atom is 0.573 e. The molecule has 3 nitrogen and oxygen atoms in total. The van der Waals surface area contributed by atoms with E-state index in [4.69, 9.17) is 11.6 Å². The van der Waals surface area contributed by atoms with Gasteiger partial charge in [-0.1, -0.05) is 23.7 Å². The van der Waals surface area contributed by atoms with Crippen molar-refractivity contribution in [3.8, 4) is 5.75 Å². The Morgan fingerprint density at radius 2 is 2.05 bits per heavy atom. The molecule has 0 fully saturated rings. The van der Waals surface area contributed by atoms with Crippen LogP contribution >= 0.6 is 11.6 Å². The van der Waals surface area contributed by atoms with Gasteiger partial charge in [0.15, 0.2) is 0 Å². The standard InChI is InChI=1S/C14H12ClF3N2O/c1-19-13(11-5-6-20-8-12(11)15)9-3-2-4-10(7-9)21-14(16,17)18/h2-8,13,19H,1H3. The van der Waals surface area contributed by atoms with Crippen molar-refractivity contribution < 1.29 is 17.9 Å². The Labute approximate surface area is 124 Å². The summed E-state index contributed by atoms with van der Waals surface area (Å²) in [6.07, 6.45) is -1.67. The monoisotopic (exact) mass is 316 g/mol. The summed E-state index contributed by atoms with van der Waals surface area (Å²) in [7, 11) is 1.69. The zero-order valence-electron chi connectivity index (χ0n) is 11.0. The normalized spacial score (nSPS) is 13.0. The SMILES string of the molecule is CNC(c1cccc(OC(F)(F)F)c1)c1ccncc1Cl. The lowest BCUT2D eigenvalue weighted by atomic mass is 9.99. The smallest absolute Gasteiger partial charge is 0.406 e. The second-order valence-electron chi connectivity index (χ2n) is 4.24. The molecule has 1 heterocycles. The van der Waals surface area contributed by atoms with E-state index < -0.39 is 6.36 Å². The van der Waals surface area contributed by atoms with Crippen LogP contribution in [0.3, 0.4) is 0 Å². The summed E-state index contributed by atoms with van der Waals surface area (Å²) in [6, 6.07) is 7.11. The highest BCUT2D eigenvalue weighted by Gasteiger charge is 2.31. The molecule has 1 N–H and O–H groups in total. The van der Waals surface area contributed by atoms with Gasteiger partial charge in [0.1, 0.15) is 5.75 Å². The van der Waals surface area contributed by atoms with Crippen molar-refractivity contribution in [3.63, 3.8) is 0 Å².